The van der Waals surface area contributed by atoms with Gasteiger partial charge in [-0.1, -0.05) is 22.0 Å². The lowest BCUT2D eigenvalue weighted by Gasteiger charge is -2.32. The van der Waals surface area contributed by atoms with E-state index in [9.17, 15) is 0 Å². The minimum atomic E-state index is 0.344. The van der Waals surface area contributed by atoms with E-state index in [4.69, 9.17) is 14.2 Å². The number of nitrogens with zero attached hydrogens (tertiary/aromatic N) is 1. The van der Waals surface area contributed by atoms with E-state index in [1.54, 1.807) is 0 Å². The van der Waals surface area contributed by atoms with E-state index >= 15 is 0 Å². The molecular formula is C23H28BrNO3. The van der Waals surface area contributed by atoms with Gasteiger partial charge in [0.25, 0.3) is 0 Å². The van der Waals surface area contributed by atoms with Crippen molar-refractivity contribution in [3.05, 3.63) is 52.0 Å². The molecule has 4 nitrogen and oxygen atoms in total. The third-order valence-electron chi connectivity index (χ3n) is 5.63. The standard InChI is InChI=1S/C23H28BrNO3/c1-2-26-21-13-19(12-20(24)15-21)11-18-6-9-25(10-7-18)8-5-17-3-4-22-23(14-17)28-16-27-22/h3-4,12-15,18H,2,5-11,16H2,1H3. The van der Waals surface area contributed by atoms with Crippen molar-refractivity contribution in [2.24, 2.45) is 5.92 Å². The molecule has 0 N–H and O–H groups in total. The summed E-state index contributed by atoms with van der Waals surface area (Å²) in [6.07, 6.45) is 4.72. The highest BCUT2D eigenvalue weighted by Crippen LogP contribution is 2.33. The van der Waals surface area contributed by atoms with Crippen LogP contribution in [-0.2, 0) is 12.8 Å². The summed E-state index contributed by atoms with van der Waals surface area (Å²) in [4.78, 5) is 2.59. The summed E-state index contributed by atoms with van der Waals surface area (Å²) in [6, 6.07) is 12.8. The topological polar surface area (TPSA) is 30.9 Å². The van der Waals surface area contributed by atoms with Gasteiger partial charge >= 0.3 is 0 Å². The van der Waals surface area contributed by atoms with Crippen LogP contribution >= 0.6 is 15.9 Å². The van der Waals surface area contributed by atoms with Crippen LogP contribution in [0.2, 0.25) is 0 Å². The van der Waals surface area contributed by atoms with Gasteiger partial charge in [0.05, 0.1) is 6.61 Å². The molecule has 4 rings (SSSR count). The summed E-state index contributed by atoms with van der Waals surface area (Å²) >= 11 is 3.61. The monoisotopic (exact) mass is 445 g/mol. The van der Waals surface area contributed by atoms with Crippen LogP contribution in [0.4, 0.5) is 0 Å². The molecule has 0 radical (unpaired) electrons. The van der Waals surface area contributed by atoms with E-state index in [0.717, 1.165) is 47.0 Å². The fourth-order valence-electron chi connectivity index (χ4n) is 4.12. The molecule has 0 aromatic heterocycles. The molecule has 28 heavy (non-hydrogen) atoms. The smallest absolute Gasteiger partial charge is 0.231 e. The van der Waals surface area contributed by atoms with Crippen molar-refractivity contribution < 1.29 is 14.2 Å². The van der Waals surface area contributed by atoms with Crippen molar-refractivity contribution in [2.45, 2.75) is 32.6 Å². The molecule has 2 aliphatic rings. The SMILES string of the molecule is CCOc1cc(Br)cc(CC2CCN(CCc3ccc4c(c3)OCO4)CC2)c1. The zero-order valence-electron chi connectivity index (χ0n) is 16.5. The van der Waals surface area contributed by atoms with Gasteiger partial charge in [-0.3, -0.25) is 0 Å². The van der Waals surface area contributed by atoms with Gasteiger partial charge in [0.2, 0.25) is 6.79 Å². The molecular weight excluding hydrogens is 418 g/mol. The number of hydrogen-bond acceptors (Lipinski definition) is 4. The number of fused-ring (bicyclic) bond motifs is 1. The number of hydrogen-bond donors (Lipinski definition) is 0. The number of piperidine rings is 1. The molecule has 2 aliphatic heterocycles. The predicted molar refractivity (Wildman–Crippen MR) is 114 cm³/mol. The maximum Gasteiger partial charge on any atom is 0.231 e. The maximum atomic E-state index is 5.68. The lowest BCUT2D eigenvalue weighted by molar-refractivity contribution is 0.174. The van der Waals surface area contributed by atoms with Gasteiger partial charge in [0.1, 0.15) is 5.75 Å². The van der Waals surface area contributed by atoms with Crippen LogP contribution in [0.1, 0.15) is 30.9 Å². The third-order valence-corrected chi connectivity index (χ3v) is 6.09. The summed E-state index contributed by atoms with van der Waals surface area (Å²) < 4.78 is 17.7. The fraction of sp³-hybridized carbons (Fsp3) is 0.478. The summed E-state index contributed by atoms with van der Waals surface area (Å²) in [5.41, 5.74) is 2.69. The maximum absolute atomic E-state index is 5.68. The Morgan fingerprint density at radius 2 is 1.86 bits per heavy atom. The van der Waals surface area contributed by atoms with E-state index < -0.39 is 0 Å². The lowest BCUT2D eigenvalue weighted by atomic mass is 9.90. The van der Waals surface area contributed by atoms with Gasteiger partial charge in [-0.05, 0) is 93.1 Å². The van der Waals surface area contributed by atoms with Crippen molar-refractivity contribution in [1.82, 2.24) is 4.90 Å². The van der Waals surface area contributed by atoms with Crippen LogP contribution in [0.25, 0.3) is 0 Å². The van der Waals surface area contributed by atoms with Crippen LogP contribution in [0.5, 0.6) is 17.2 Å². The summed E-state index contributed by atoms with van der Waals surface area (Å²) in [6.45, 7) is 6.55. The largest absolute Gasteiger partial charge is 0.494 e. The van der Waals surface area contributed by atoms with Crippen LogP contribution in [-0.4, -0.2) is 37.9 Å². The zero-order valence-corrected chi connectivity index (χ0v) is 18.0. The van der Waals surface area contributed by atoms with Crippen molar-refractivity contribution in [3.63, 3.8) is 0 Å². The third kappa shape index (κ3) is 5.00. The molecule has 0 spiro atoms. The first kappa shape index (κ1) is 19.6. The van der Waals surface area contributed by atoms with E-state index in [0.29, 0.717) is 13.4 Å². The van der Waals surface area contributed by atoms with Crippen molar-refractivity contribution in [2.75, 3.05) is 33.0 Å². The molecule has 0 atom stereocenters. The van der Waals surface area contributed by atoms with Gasteiger partial charge in [0.15, 0.2) is 11.5 Å². The Morgan fingerprint density at radius 3 is 2.68 bits per heavy atom. The van der Waals surface area contributed by atoms with Gasteiger partial charge < -0.3 is 19.1 Å². The van der Waals surface area contributed by atoms with Gasteiger partial charge in [-0.15, -0.1) is 0 Å². The highest BCUT2D eigenvalue weighted by Gasteiger charge is 2.20. The first-order valence-electron chi connectivity index (χ1n) is 10.2. The molecule has 0 amide bonds. The summed E-state index contributed by atoms with van der Waals surface area (Å²) in [7, 11) is 0. The quantitative estimate of drug-likeness (QED) is 0.594. The highest BCUT2D eigenvalue weighted by atomic mass is 79.9. The Labute approximate surface area is 175 Å². The van der Waals surface area contributed by atoms with Crippen LogP contribution in [0.3, 0.4) is 0 Å². The summed E-state index contributed by atoms with van der Waals surface area (Å²) in [5.74, 6) is 3.47. The Hall–Kier alpha value is -1.72. The van der Waals surface area contributed by atoms with Gasteiger partial charge in [-0.25, -0.2) is 0 Å². The second-order valence-corrected chi connectivity index (χ2v) is 8.57. The van der Waals surface area contributed by atoms with Crippen molar-refractivity contribution >= 4 is 15.9 Å². The lowest BCUT2D eigenvalue weighted by Crippen LogP contribution is -2.35. The Bertz CT molecular complexity index is 802. The average Bonchev–Trinajstić information content (AvgIpc) is 3.15. The molecule has 5 heteroatoms. The number of ether oxygens (including phenoxy) is 3. The van der Waals surface area contributed by atoms with Gasteiger partial charge in [0, 0.05) is 11.0 Å². The minimum absolute atomic E-state index is 0.344. The first-order valence-corrected chi connectivity index (χ1v) is 11.0. The number of benzene rings is 2. The van der Waals surface area contributed by atoms with Crippen LogP contribution in [0.15, 0.2) is 40.9 Å². The molecule has 2 aromatic rings. The highest BCUT2D eigenvalue weighted by molar-refractivity contribution is 9.10. The predicted octanol–water partition coefficient (Wildman–Crippen LogP) is 5.07. The Morgan fingerprint density at radius 1 is 1.04 bits per heavy atom. The number of likely N-dealkylation sites (tertiary alicyclic amines) is 1. The van der Waals surface area contributed by atoms with Crippen LogP contribution in [0, 0.1) is 5.92 Å². The fourth-order valence-corrected chi connectivity index (χ4v) is 4.64. The number of rotatable bonds is 7. The normalized spacial score (nSPS) is 17.1. The van der Waals surface area contributed by atoms with Crippen molar-refractivity contribution in [1.29, 1.82) is 0 Å². The van der Waals surface area contributed by atoms with Crippen molar-refractivity contribution in [3.8, 4) is 17.2 Å². The first-order chi connectivity index (χ1) is 13.7. The molecule has 1 fully saturated rings. The van der Waals surface area contributed by atoms with Crippen LogP contribution < -0.4 is 14.2 Å². The molecule has 2 heterocycles. The van der Waals surface area contributed by atoms with E-state index in [1.165, 1.54) is 37.1 Å². The average molecular weight is 446 g/mol. The van der Waals surface area contributed by atoms with E-state index in [2.05, 4.69) is 45.1 Å². The Kier molecular flexibility index (Phi) is 6.43. The molecule has 0 bridgehead atoms. The molecule has 2 aromatic carbocycles. The molecule has 0 saturated carbocycles. The number of halogens is 1. The van der Waals surface area contributed by atoms with E-state index in [1.807, 2.05) is 19.1 Å². The molecule has 150 valence electrons. The molecule has 1 saturated heterocycles. The molecule has 0 aliphatic carbocycles. The zero-order chi connectivity index (χ0) is 19.3. The van der Waals surface area contributed by atoms with Gasteiger partial charge in [-0.2, -0.15) is 0 Å². The second kappa shape index (κ2) is 9.19. The summed E-state index contributed by atoms with van der Waals surface area (Å²) in [5, 5.41) is 0. The van der Waals surface area contributed by atoms with E-state index in [-0.39, 0.29) is 0 Å². The second-order valence-electron chi connectivity index (χ2n) is 7.65. The molecule has 0 unspecified atom stereocenters. The Balaban J connectivity index is 1.24. The minimum Gasteiger partial charge on any atom is -0.494 e.